The van der Waals surface area contributed by atoms with Crippen LogP contribution < -0.4 is 0 Å². The summed E-state index contributed by atoms with van der Waals surface area (Å²) in [5.74, 6) is 0.976. The summed E-state index contributed by atoms with van der Waals surface area (Å²) >= 11 is 14.6. The van der Waals surface area contributed by atoms with Gasteiger partial charge >= 0.3 is 0 Å². The van der Waals surface area contributed by atoms with Crippen molar-refractivity contribution >= 4 is 35.0 Å². The SMILES string of the molecule is ClC1(Cl)CC1C(Sc1nnc(-c2ccccc2)n1-c1ccccc1)c1ccccc1. The molecular weight excluding hydrogens is 433 g/mol. The van der Waals surface area contributed by atoms with Gasteiger partial charge in [0, 0.05) is 22.4 Å². The maximum absolute atomic E-state index is 6.49. The van der Waals surface area contributed by atoms with Gasteiger partial charge < -0.3 is 0 Å². The Bertz CT molecular complexity index is 1130. The molecule has 1 aliphatic carbocycles. The van der Waals surface area contributed by atoms with Crippen molar-refractivity contribution in [3.05, 3.63) is 96.6 Å². The average Bonchev–Trinajstić information content (AvgIpc) is 3.22. The molecule has 6 heteroatoms. The lowest BCUT2D eigenvalue weighted by Crippen LogP contribution is -2.05. The molecule has 0 aliphatic heterocycles. The molecule has 3 aromatic carbocycles. The zero-order chi connectivity index (χ0) is 20.6. The standard InChI is InChI=1S/C24H19Cl2N3S/c25-24(26)16-20(24)21(17-10-4-1-5-11-17)30-23-28-27-22(18-12-6-2-7-13-18)29(23)19-14-8-3-9-15-19/h1-15,20-21H,16H2. The molecule has 0 radical (unpaired) electrons. The van der Waals surface area contributed by atoms with Crippen LogP contribution in [0.15, 0.2) is 96.2 Å². The van der Waals surface area contributed by atoms with E-state index in [-0.39, 0.29) is 11.2 Å². The van der Waals surface area contributed by atoms with Crippen molar-refractivity contribution < 1.29 is 0 Å². The van der Waals surface area contributed by atoms with Crippen molar-refractivity contribution in [2.45, 2.75) is 21.2 Å². The third-order valence-electron chi connectivity index (χ3n) is 5.28. The van der Waals surface area contributed by atoms with Gasteiger partial charge in [0.2, 0.25) is 0 Å². The molecule has 150 valence electrons. The minimum absolute atomic E-state index is 0.0940. The van der Waals surface area contributed by atoms with Crippen molar-refractivity contribution in [1.82, 2.24) is 14.8 Å². The van der Waals surface area contributed by atoms with Gasteiger partial charge in [-0.05, 0) is 24.1 Å². The largest absolute Gasteiger partial charge is 0.270 e. The fourth-order valence-corrected chi connectivity index (χ4v) is 5.76. The first kappa shape index (κ1) is 19.7. The van der Waals surface area contributed by atoms with E-state index in [2.05, 4.69) is 51.2 Å². The average molecular weight is 452 g/mol. The first-order valence-corrected chi connectivity index (χ1v) is 11.4. The minimum atomic E-state index is -0.687. The van der Waals surface area contributed by atoms with Crippen LogP contribution in [0.1, 0.15) is 17.2 Å². The maximum Gasteiger partial charge on any atom is 0.196 e. The van der Waals surface area contributed by atoms with E-state index >= 15 is 0 Å². The van der Waals surface area contributed by atoms with Crippen LogP contribution in [0, 0.1) is 5.92 Å². The Balaban J connectivity index is 1.59. The molecule has 0 bridgehead atoms. The molecule has 0 spiro atoms. The van der Waals surface area contributed by atoms with Crippen LogP contribution in [0.4, 0.5) is 0 Å². The number of rotatable bonds is 6. The number of benzene rings is 3. The first-order chi connectivity index (χ1) is 14.6. The Labute approximate surface area is 190 Å². The van der Waals surface area contributed by atoms with Gasteiger partial charge in [0.25, 0.3) is 0 Å². The van der Waals surface area contributed by atoms with Crippen molar-refractivity contribution in [3.63, 3.8) is 0 Å². The van der Waals surface area contributed by atoms with E-state index in [1.165, 1.54) is 5.56 Å². The zero-order valence-corrected chi connectivity index (χ0v) is 18.4. The smallest absolute Gasteiger partial charge is 0.196 e. The summed E-state index contributed by atoms with van der Waals surface area (Å²) in [7, 11) is 0. The fourth-order valence-electron chi connectivity index (χ4n) is 3.63. The van der Waals surface area contributed by atoms with E-state index in [1.807, 2.05) is 54.6 Å². The van der Waals surface area contributed by atoms with Crippen LogP contribution in [0.2, 0.25) is 0 Å². The summed E-state index contributed by atoms with van der Waals surface area (Å²) in [5, 5.41) is 10.1. The molecule has 0 amide bonds. The summed E-state index contributed by atoms with van der Waals surface area (Å²) in [6.07, 6.45) is 0.772. The lowest BCUT2D eigenvalue weighted by Gasteiger charge is -2.18. The number of para-hydroxylation sites is 1. The second kappa shape index (κ2) is 8.10. The van der Waals surface area contributed by atoms with E-state index in [0.717, 1.165) is 28.7 Å². The van der Waals surface area contributed by atoms with Gasteiger partial charge in [-0.3, -0.25) is 4.57 Å². The van der Waals surface area contributed by atoms with Gasteiger partial charge in [0.15, 0.2) is 11.0 Å². The van der Waals surface area contributed by atoms with Gasteiger partial charge in [-0.2, -0.15) is 0 Å². The Hall–Kier alpha value is -2.27. The summed E-state index contributed by atoms with van der Waals surface area (Å²) in [6.45, 7) is 0. The highest BCUT2D eigenvalue weighted by Gasteiger charge is 2.56. The van der Waals surface area contributed by atoms with Crippen LogP contribution in [0.3, 0.4) is 0 Å². The molecule has 30 heavy (non-hydrogen) atoms. The van der Waals surface area contributed by atoms with Gasteiger partial charge in [-0.15, -0.1) is 33.4 Å². The Morgan fingerprint density at radius 3 is 2.00 bits per heavy atom. The van der Waals surface area contributed by atoms with Crippen LogP contribution in [-0.2, 0) is 0 Å². The molecule has 4 aromatic rings. The Morgan fingerprint density at radius 2 is 1.40 bits per heavy atom. The molecule has 1 fully saturated rings. The highest BCUT2D eigenvalue weighted by atomic mass is 35.5. The lowest BCUT2D eigenvalue weighted by molar-refractivity contribution is 0.782. The number of alkyl halides is 2. The Kier molecular flexibility index (Phi) is 5.32. The molecular formula is C24H19Cl2N3S. The van der Waals surface area contributed by atoms with Gasteiger partial charge in [-0.1, -0.05) is 90.6 Å². The van der Waals surface area contributed by atoms with Crippen molar-refractivity contribution in [1.29, 1.82) is 0 Å². The highest BCUT2D eigenvalue weighted by Crippen LogP contribution is 2.63. The number of nitrogens with zero attached hydrogens (tertiary/aromatic N) is 3. The summed E-state index contributed by atoms with van der Waals surface area (Å²) in [4.78, 5) is 0. The minimum Gasteiger partial charge on any atom is -0.270 e. The second-order valence-electron chi connectivity index (χ2n) is 7.36. The summed E-state index contributed by atoms with van der Waals surface area (Å²) in [6, 6.07) is 30.7. The number of hydrogen-bond donors (Lipinski definition) is 0. The first-order valence-electron chi connectivity index (χ1n) is 9.79. The molecule has 0 saturated heterocycles. The van der Waals surface area contributed by atoms with Gasteiger partial charge in [0.1, 0.15) is 4.33 Å². The van der Waals surface area contributed by atoms with E-state index in [9.17, 15) is 0 Å². The second-order valence-corrected chi connectivity index (χ2v) is 10.0. The predicted octanol–water partition coefficient (Wildman–Crippen LogP) is 6.96. The van der Waals surface area contributed by atoms with E-state index < -0.39 is 4.33 Å². The van der Waals surface area contributed by atoms with Crippen molar-refractivity contribution in [2.75, 3.05) is 0 Å². The predicted molar refractivity (Wildman–Crippen MR) is 124 cm³/mol. The Morgan fingerprint density at radius 1 is 0.833 bits per heavy atom. The molecule has 1 aliphatic rings. The van der Waals surface area contributed by atoms with Gasteiger partial charge in [0.05, 0.1) is 0 Å². The number of thioether (sulfide) groups is 1. The van der Waals surface area contributed by atoms with Crippen LogP contribution >= 0.6 is 35.0 Å². The third kappa shape index (κ3) is 3.87. The molecule has 1 aromatic heterocycles. The zero-order valence-electron chi connectivity index (χ0n) is 16.0. The van der Waals surface area contributed by atoms with E-state index in [1.54, 1.807) is 11.8 Å². The fraction of sp³-hybridized carbons (Fsp3) is 0.167. The van der Waals surface area contributed by atoms with Gasteiger partial charge in [-0.25, -0.2) is 0 Å². The topological polar surface area (TPSA) is 30.7 Å². The molecule has 1 saturated carbocycles. The molecule has 2 unspecified atom stereocenters. The summed E-state index contributed by atoms with van der Waals surface area (Å²) in [5.41, 5.74) is 3.24. The summed E-state index contributed by atoms with van der Waals surface area (Å²) < 4.78 is 1.43. The third-order valence-corrected chi connectivity index (χ3v) is 7.48. The monoisotopic (exact) mass is 451 g/mol. The van der Waals surface area contributed by atoms with Crippen LogP contribution in [0.5, 0.6) is 0 Å². The molecule has 5 rings (SSSR count). The quantitative estimate of drug-likeness (QED) is 0.234. The molecule has 1 heterocycles. The van der Waals surface area contributed by atoms with Crippen LogP contribution in [0.25, 0.3) is 17.1 Å². The number of aromatic nitrogens is 3. The number of halogens is 2. The number of hydrogen-bond acceptors (Lipinski definition) is 3. The lowest BCUT2D eigenvalue weighted by atomic mass is 10.1. The molecule has 3 nitrogen and oxygen atoms in total. The van der Waals surface area contributed by atoms with Crippen molar-refractivity contribution in [3.8, 4) is 17.1 Å². The highest BCUT2D eigenvalue weighted by molar-refractivity contribution is 7.99. The molecule has 0 N–H and O–H groups in total. The maximum atomic E-state index is 6.49. The van der Waals surface area contributed by atoms with E-state index in [4.69, 9.17) is 23.2 Å². The molecule has 2 atom stereocenters. The van der Waals surface area contributed by atoms with Crippen LogP contribution in [-0.4, -0.2) is 19.1 Å². The normalized spacial score (nSPS) is 18.1. The van der Waals surface area contributed by atoms with Crippen molar-refractivity contribution in [2.24, 2.45) is 5.92 Å². The van der Waals surface area contributed by atoms with E-state index in [0.29, 0.717) is 0 Å².